The molecule has 8 heteroatoms. The molecule has 1 saturated heterocycles. The Kier molecular flexibility index (Phi) is 5.15. The third-order valence-corrected chi connectivity index (χ3v) is 4.83. The zero-order valence-corrected chi connectivity index (χ0v) is 12.2. The summed E-state index contributed by atoms with van der Waals surface area (Å²) in [6, 6.07) is 0.238. The number of hydrogen-bond acceptors (Lipinski definition) is 4. The lowest BCUT2D eigenvalue weighted by atomic mass is 10.1. The van der Waals surface area contributed by atoms with E-state index in [0.717, 1.165) is 12.8 Å². The Labute approximate surface area is 114 Å². The maximum atomic E-state index is 12.3. The molecule has 1 unspecified atom stereocenters. The first-order chi connectivity index (χ1) is 8.04. The van der Waals surface area contributed by atoms with Crippen LogP contribution in [0, 0.1) is 0 Å². The third-order valence-electron chi connectivity index (χ3n) is 3.08. The molecule has 1 aliphatic rings. The molecule has 2 rings (SSSR count). The molecular formula is C10H19ClN4O2S. The molecule has 0 aliphatic carbocycles. The fourth-order valence-corrected chi connectivity index (χ4v) is 3.54. The molecule has 0 aromatic carbocycles. The SMILES string of the molecule is CNC1CCCN(S(=O)(=O)c2cn(C)cn2)C1.Cl. The number of piperidine rings is 1. The number of nitrogens with one attached hydrogen (secondary N) is 1. The Morgan fingerprint density at radius 3 is 2.78 bits per heavy atom. The van der Waals surface area contributed by atoms with Crippen LogP contribution in [0.3, 0.4) is 0 Å². The van der Waals surface area contributed by atoms with E-state index in [0.29, 0.717) is 13.1 Å². The predicted octanol–water partition coefficient (Wildman–Crippen LogP) is 0.214. The molecule has 1 fully saturated rings. The number of sulfonamides is 1. The van der Waals surface area contributed by atoms with Crippen molar-refractivity contribution in [3.8, 4) is 0 Å². The van der Waals surface area contributed by atoms with Crippen LogP contribution < -0.4 is 5.32 Å². The smallest absolute Gasteiger partial charge is 0.262 e. The van der Waals surface area contributed by atoms with E-state index in [4.69, 9.17) is 0 Å². The molecule has 104 valence electrons. The van der Waals surface area contributed by atoms with Crippen molar-refractivity contribution in [2.45, 2.75) is 23.9 Å². The topological polar surface area (TPSA) is 67.2 Å². The van der Waals surface area contributed by atoms with Gasteiger partial charge in [-0.2, -0.15) is 4.31 Å². The van der Waals surface area contributed by atoms with E-state index in [-0.39, 0.29) is 23.5 Å². The monoisotopic (exact) mass is 294 g/mol. The summed E-state index contributed by atoms with van der Waals surface area (Å²) < 4.78 is 27.7. The summed E-state index contributed by atoms with van der Waals surface area (Å²) in [5.41, 5.74) is 0. The van der Waals surface area contributed by atoms with Crippen molar-refractivity contribution in [1.82, 2.24) is 19.2 Å². The van der Waals surface area contributed by atoms with E-state index in [1.165, 1.54) is 10.6 Å². The molecule has 0 radical (unpaired) electrons. The molecule has 0 bridgehead atoms. The van der Waals surface area contributed by atoms with E-state index in [1.807, 2.05) is 7.05 Å². The van der Waals surface area contributed by atoms with Crippen LogP contribution in [0.25, 0.3) is 0 Å². The fourth-order valence-electron chi connectivity index (χ4n) is 2.05. The number of aryl methyl sites for hydroxylation is 1. The minimum Gasteiger partial charge on any atom is -0.339 e. The molecular weight excluding hydrogens is 276 g/mol. The van der Waals surface area contributed by atoms with E-state index >= 15 is 0 Å². The summed E-state index contributed by atoms with van der Waals surface area (Å²) in [7, 11) is 0.202. The molecule has 1 atom stereocenters. The molecule has 0 saturated carbocycles. The number of likely N-dealkylation sites (N-methyl/N-ethyl adjacent to an activating group) is 1. The van der Waals surface area contributed by atoms with Crippen LogP contribution in [0.5, 0.6) is 0 Å². The normalized spacial score (nSPS) is 21.6. The minimum atomic E-state index is -3.42. The van der Waals surface area contributed by atoms with Gasteiger partial charge in [0.1, 0.15) is 0 Å². The average molecular weight is 295 g/mol. The standard InChI is InChI=1S/C10H18N4O2S.ClH/c1-11-9-4-3-5-14(6-9)17(15,16)10-7-13(2)8-12-10;/h7-9,11H,3-6H2,1-2H3;1H. The molecule has 6 nitrogen and oxygen atoms in total. The molecule has 18 heavy (non-hydrogen) atoms. The summed E-state index contributed by atoms with van der Waals surface area (Å²) in [6.07, 6.45) is 4.95. The second-order valence-electron chi connectivity index (χ2n) is 4.37. The largest absolute Gasteiger partial charge is 0.339 e. The first kappa shape index (κ1) is 15.4. The first-order valence-electron chi connectivity index (χ1n) is 5.69. The van der Waals surface area contributed by atoms with Crippen LogP contribution in [0.4, 0.5) is 0 Å². The van der Waals surface area contributed by atoms with E-state index in [2.05, 4.69) is 10.3 Å². The first-order valence-corrected chi connectivity index (χ1v) is 7.13. The summed E-state index contributed by atoms with van der Waals surface area (Å²) in [6.45, 7) is 1.10. The Hall–Kier alpha value is -0.630. The number of hydrogen-bond donors (Lipinski definition) is 1. The number of imidazole rings is 1. The predicted molar refractivity (Wildman–Crippen MR) is 71.3 cm³/mol. The van der Waals surface area contributed by atoms with Gasteiger partial charge in [0.25, 0.3) is 10.0 Å². The molecule has 0 spiro atoms. The minimum absolute atomic E-state index is 0. The van der Waals surface area contributed by atoms with Gasteiger partial charge in [-0.25, -0.2) is 13.4 Å². The average Bonchev–Trinajstić information content (AvgIpc) is 2.76. The van der Waals surface area contributed by atoms with Gasteiger partial charge in [0, 0.05) is 32.4 Å². The number of halogens is 1. The van der Waals surface area contributed by atoms with Gasteiger partial charge in [-0.15, -0.1) is 12.4 Å². The molecule has 1 aromatic rings. The van der Waals surface area contributed by atoms with E-state index in [9.17, 15) is 8.42 Å². The van der Waals surface area contributed by atoms with Crippen LogP contribution in [0.2, 0.25) is 0 Å². The maximum absolute atomic E-state index is 12.3. The van der Waals surface area contributed by atoms with Crippen molar-refractivity contribution in [3.63, 3.8) is 0 Å². The van der Waals surface area contributed by atoms with Gasteiger partial charge in [0.2, 0.25) is 0 Å². The molecule has 0 amide bonds. The van der Waals surface area contributed by atoms with Gasteiger partial charge < -0.3 is 9.88 Å². The van der Waals surface area contributed by atoms with Gasteiger partial charge in [-0.1, -0.05) is 0 Å². The molecule has 2 heterocycles. The second kappa shape index (κ2) is 6.01. The zero-order chi connectivity index (χ0) is 12.5. The Balaban J connectivity index is 0.00000162. The van der Waals surface area contributed by atoms with Crippen LogP contribution >= 0.6 is 12.4 Å². The highest BCUT2D eigenvalue weighted by Crippen LogP contribution is 2.18. The lowest BCUT2D eigenvalue weighted by Crippen LogP contribution is -2.46. The molecule has 1 aliphatic heterocycles. The van der Waals surface area contributed by atoms with E-state index in [1.54, 1.807) is 17.8 Å². The summed E-state index contributed by atoms with van der Waals surface area (Å²) >= 11 is 0. The Morgan fingerprint density at radius 1 is 1.50 bits per heavy atom. The lowest BCUT2D eigenvalue weighted by Gasteiger charge is -2.31. The van der Waals surface area contributed by atoms with Gasteiger partial charge in [0.05, 0.1) is 6.33 Å². The Morgan fingerprint density at radius 2 is 2.22 bits per heavy atom. The van der Waals surface area contributed by atoms with Crippen molar-refractivity contribution in [1.29, 1.82) is 0 Å². The van der Waals surface area contributed by atoms with E-state index < -0.39 is 10.0 Å². The van der Waals surface area contributed by atoms with Crippen molar-refractivity contribution in [2.75, 3.05) is 20.1 Å². The van der Waals surface area contributed by atoms with Crippen molar-refractivity contribution < 1.29 is 8.42 Å². The highest BCUT2D eigenvalue weighted by atomic mass is 35.5. The number of nitrogens with zero attached hydrogens (tertiary/aromatic N) is 3. The second-order valence-corrected chi connectivity index (χ2v) is 6.25. The Bertz CT molecular complexity index is 488. The fraction of sp³-hybridized carbons (Fsp3) is 0.700. The van der Waals surface area contributed by atoms with Crippen LogP contribution in [0.15, 0.2) is 17.6 Å². The number of aromatic nitrogens is 2. The van der Waals surface area contributed by atoms with Crippen LogP contribution in [-0.4, -0.2) is 48.5 Å². The van der Waals surface area contributed by atoms with Gasteiger partial charge in [-0.05, 0) is 19.9 Å². The van der Waals surface area contributed by atoms with Crippen LogP contribution in [-0.2, 0) is 17.1 Å². The maximum Gasteiger partial charge on any atom is 0.262 e. The van der Waals surface area contributed by atoms with Gasteiger partial charge in [-0.3, -0.25) is 0 Å². The quantitative estimate of drug-likeness (QED) is 0.866. The summed E-state index contributed by atoms with van der Waals surface area (Å²) in [5, 5.41) is 3.27. The summed E-state index contributed by atoms with van der Waals surface area (Å²) in [4.78, 5) is 3.93. The van der Waals surface area contributed by atoms with Gasteiger partial charge in [0.15, 0.2) is 5.03 Å². The molecule has 1 aromatic heterocycles. The highest BCUT2D eigenvalue weighted by Gasteiger charge is 2.30. The van der Waals surface area contributed by atoms with Crippen LogP contribution in [0.1, 0.15) is 12.8 Å². The van der Waals surface area contributed by atoms with Crippen molar-refractivity contribution in [2.24, 2.45) is 7.05 Å². The number of rotatable bonds is 3. The zero-order valence-electron chi connectivity index (χ0n) is 10.5. The van der Waals surface area contributed by atoms with Crippen molar-refractivity contribution >= 4 is 22.4 Å². The third kappa shape index (κ3) is 3.03. The highest BCUT2D eigenvalue weighted by molar-refractivity contribution is 7.89. The van der Waals surface area contributed by atoms with Crippen molar-refractivity contribution in [3.05, 3.63) is 12.5 Å². The molecule has 1 N–H and O–H groups in total. The van der Waals surface area contributed by atoms with Gasteiger partial charge >= 0.3 is 0 Å². The lowest BCUT2D eigenvalue weighted by molar-refractivity contribution is 0.292. The summed E-state index contributed by atoms with van der Waals surface area (Å²) in [5.74, 6) is 0.